The number of amides is 1. The van der Waals surface area contributed by atoms with Gasteiger partial charge in [-0.1, -0.05) is 12.1 Å². The van der Waals surface area contributed by atoms with Crippen molar-refractivity contribution in [3.63, 3.8) is 0 Å². The topological polar surface area (TPSA) is 135 Å². The van der Waals surface area contributed by atoms with Gasteiger partial charge in [-0.25, -0.2) is 14.4 Å². The van der Waals surface area contributed by atoms with E-state index in [4.69, 9.17) is 30.5 Å². The predicted molar refractivity (Wildman–Crippen MR) is 120 cm³/mol. The van der Waals surface area contributed by atoms with Crippen LogP contribution in [0.2, 0.25) is 0 Å². The number of esters is 1. The molecule has 0 saturated heterocycles. The molecule has 1 aromatic carbocycles. The van der Waals surface area contributed by atoms with Gasteiger partial charge < -0.3 is 25.7 Å². The van der Waals surface area contributed by atoms with E-state index in [1.54, 1.807) is 41.5 Å². The van der Waals surface area contributed by atoms with Crippen LogP contribution in [0.5, 0.6) is 5.75 Å². The quantitative estimate of drug-likeness (QED) is 0.444. The fourth-order valence-corrected chi connectivity index (χ4v) is 3.23. The Labute approximate surface area is 190 Å². The summed E-state index contributed by atoms with van der Waals surface area (Å²) in [4.78, 5) is 30.9. The van der Waals surface area contributed by atoms with Crippen molar-refractivity contribution >= 4 is 12.1 Å². The number of nitrogens with one attached hydrogen (secondary N) is 1. The Bertz CT molecular complexity index is 830. The lowest BCUT2D eigenvalue weighted by atomic mass is 9.89. The van der Waals surface area contributed by atoms with Crippen molar-refractivity contribution in [1.82, 2.24) is 5.48 Å². The number of nitrogens with two attached hydrogens (primary N) is 2. The Morgan fingerprint density at radius 1 is 1.12 bits per heavy atom. The van der Waals surface area contributed by atoms with Crippen molar-refractivity contribution in [2.75, 3.05) is 6.54 Å². The van der Waals surface area contributed by atoms with E-state index in [2.05, 4.69) is 5.48 Å². The highest BCUT2D eigenvalue weighted by Gasteiger charge is 2.50. The summed E-state index contributed by atoms with van der Waals surface area (Å²) >= 11 is 0. The van der Waals surface area contributed by atoms with Gasteiger partial charge in [-0.2, -0.15) is 5.48 Å². The number of aryl methyl sites for hydroxylation is 1. The summed E-state index contributed by atoms with van der Waals surface area (Å²) in [5.41, 5.74) is 12.7. The first-order chi connectivity index (χ1) is 14.6. The van der Waals surface area contributed by atoms with Crippen LogP contribution in [0, 0.1) is 0 Å². The molecule has 9 heteroatoms. The van der Waals surface area contributed by atoms with Crippen molar-refractivity contribution in [1.29, 1.82) is 0 Å². The highest BCUT2D eigenvalue weighted by atomic mass is 16.7. The van der Waals surface area contributed by atoms with E-state index in [0.717, 1.165) is 11.1 Å². The lowest BCUT2D eigenvalue weighted by Crippen LogP contribution is -2.58. The monoisotopic (exact) mass is 451 g/mol. The van der Waals surface area contributed by atoms with Crippen LogP contribution < -0.4 is 21.7 Å². The molecule has 0 unspecified atom stereocenters. The van der Waals surface area contributed by atoms with Gasteiger partial charge in [-0.15, -0.1) is 0 Å². The van der Waals surface area contributed by atoms with Gasteiger partial charge in [0.2, 0.25) is 5.60 Å². The van der Waals surface area contributed by atoms with Crippen molar-refractivity contribution in [3.8, 4) is 5.75 Å². The molecule has 180 valence electrons. The van der Waals surface area contributed by atoms with E-state index in [1.807, 2.05) is 18.2 Å². The first-order valence-corrected chi connectivity index (χ1v) is 10.8. The normalized spacial score (nSPS) is 19.1. The van der Waals surface area contributed by atoms with Gasteiger partial charge in [0, 0.05) is 12.6 Å². The van der Waals surface area contributed by atoms with Crippen molar-refractivity contribution in [3.05, 3.63) is 29.3 Å². The molecule has 1 amide bonds. The molecule has 0 aromatic heterocycles. The number of hydroxylamine groups is 1. The number of hydrogen-bond acceptors (Lipinski definition) is 8. The molecule has 0 saturated carbocycles. The van der Waals surface area contributed by atoms with E-state index >= 15 is 0 Å². The molecule has 32 heavy (non-hydrogen) atoms. The van der Waals surface area contributed by atoms with Crippen LogP contribution in [0.15, 0.2) is 18.2 Å². The number of carbonyl (C=O) groups excluding carboxylic acids is 2. The number of carbonyl (C=O) groups is 2. The zero-order valence-corrected chi connectivity index (χ0v) is 20.1. The summed E-state index contributed by atoms with van der Waals surface area (Å²) in [6.07, 6.45) is -0.447. The number of ether oxygens (including phenoxy) is 3. The summed E-state index contributed by atoms with van der Waals surface area (Å²) in [5.74, 6) is -0.0406. The first-order valence-electron chi connectivity index (χ1n) is 10.8. The Hall–Kier alpha value is -2.36. The highest BCUT2D eigenvalue weighted by Crippen LogP contribution is 2.35. The summed E-state index contributed by atoms with van der Waals surface area (Å²) in [5, 5.41) is 0. The molecule has 0 fully saturated rings. The number of hydrogen-bond donors (Lipinski definition) is 3. The third kappa shape index (κ3) is 6.82. The average Bonchev–Trinajstić information content (AvgIpc) is 2.68. The van der Waals surface area contributed by atoms with Crippen molar-refractivity contribution in [2.24, 2.45) is 11.5 Å². The van der Waals surface area contributed by atoms with E-state index < -0.39 is 35.0 Å². The van der Waals surface area contributed by atoms with Crippen LogP contribution in [0.4, 0.5) is 4.79 Å². The van der Waals surface area contributed by atoms with E-state index in [0.29, 0.717) is 25.1 Å². The zero-order chi connectivity index (χ0) is 24.3. The van der Waals surface area contributed by atoms with Crippen LogP contribution in [0.1, 0.15) is 72.1 Å². The second kappa shape index (κ2) is 9.64. The predicted octanol–water partition coefficient (Wildman–Crippen LogP) is 2.90. The molecule has 5 N–H and O–H groups in total. The Morgan fingerprint density at radius 2 is 1.75 bits per heavy atom. The summed E-state index contributed by atoms with van der Waals surface area (Å²) in [6.45, 7) is 12.3. The van der Waals surface area contributed by atoms with Crippen LogP contribution >= 0.6 is 0 Å². The fraction of sp³-hybridized carbons (Fsp3) is 0.652. The molecule has 1 heterocycles. The first kappa shape index (κ1) is 25.9. The molecule has 2 rings (SSSR count). The fourth-order valence-electron chi connectivity index (χ4n) is 3.23. The van der Waals surface area contributed by atoms with Gasteiger partial charge in [0.25, 0.3) is 0 Å². The molecule has 1 aliphatic heterocycles. The van der Waals surface area contributed by atoms with Gasteiger partial charge in [-0.3, -0.25) is 0 Å². The van der Waals surface area contributed by atoms with Crippen LogP contribution in [-0.4, -0.2) is 41.5 Å². The van der Waals surface area contributed by atoms with Crippen molar-refractivity contribution < 1.29 is 28.6 Å². The molecule has 0 bridgehead atoms. The van der Waals surface area contributed by atoms with E-state index in [9.17, 15) is 9.59 Å². The lowest BCUT2D eigenvalue weighted by Gasteiger charge is -2.39. The van der Waals surface area contributed by atoms with E-state index in [-0.39, 0.29) is 6.04 Å². The second-order valence-corrected chi connectivity index (χ2v) is 10.2. The molecule has 9 nitrogen and oxygen atoms in total. The minimum atomic E-state index is -1.62. The third-order valence-corrected chi connectivity index (χ3v) is 4.88. The summed E-state index contributed by atoms with van der Waals surface area (Å²) in [6, 6.07) is 5.37. The van der Waals surface area contributed by atoms with E-state index in [1.165, 1.54) is 6.92 Å². The Balaban J connectivity index is 2.26. The molecule has 1 aliphatic rings. The molecule has 3 atom stereocenters. The van der Waals surface area contributed by atoms with Gasteiger partial charge >= 0.3 is 12.1 Å². The Morgan fingerprint density at radius 3 is 2.31 bits per heavy atom. The largest absolute Gasteiger partial charge is 0.486 e. The third-order valence-electron chi connectivity index (χ3n) is 4.88. The molecule has 0 spiro atoms. The maximum atomic E-state index is 13.1. The lowest BCUT2D eigenvalue weighted by molar-refractivity contribution is -0.205. The summed E-state index contributed by atoms with van der Waals surface area (Å²) in [7, 11) is 0. The second-order valence-electron chi connectivity index (χ2n) is 10.2. The van der Waals surface area contributed by atoms with Crippen LogP contribution in [-0.2, 0) is 25.5 Å². The number of benzene rings is 1. The van der Waals surface area contributed by atoms with Gasteiger partial charge in [-0.05, 0) is 78.5 Å². The Kier molecular flexibility index (Phi) is 7.80. The standard InChI is InChI=1S/C23H37N3O6/c1-21(2,3)30-19(27)23(7,32-26-20(28)31-22(4,5)6)18-11-9-15-12-14(16(25)13-24)8-10-17(15)29-18/h8,10,12,16,18H,9,11,13,24-25H2,1-7H3,(H,26,28)/t16-,18-,23+/m1/s1. The molecule has 0 radical (unpaired) electrons. The molecular weight excluding hydrogens is 414 g/mol. The molecule has 1 aromatic rings. The summed E-state index contributed by atoms with van der Waals surface area (Å²) < 4.78 is 16.9. The van der Waals surface area contributed by atoms with Crippen molar-refractivity contribution in [2.45, 2.75) is 90.3 Å². The van der Waals surface area contributed by atoms with Gasteiger partial charge in [0.15, 0.2) is 0 Å². The van der Waals surface area contributed by atoms with Gasteiger partial charge in [0.05, 0.1) is 0 Å². The maximum Gasteiger partial charge on any atom is 0.431 e. The minimum Gasteiger partial charge on any atom is -0.486 e. The van der Waals surface area contributed by atoms with Crippen LogP contribution in [0.25, 0.3) is 0 Å². The molecule has 0 aliphatic carbocycles. The minimum absolute atomic E-state index is 0.258. The number of fused-ring (bicyclic) bond motifs is 1. The number of rotatable bonds is 6. The smallest absolute Gasteiger partial charge is 0.431 e. The van der Waals surface area contributed by atoms with Crippen LogP contribution in [0.3, 0.4) is 0 Å². The SMILES string of the molecule is CC(C)(C)OC(=O)NO[C@](C)(C(=O)OC(C)(C)C)[C@H]1CCc2cc([C@H](N)CN)ccc2O1. The zero-order valence-electron chi connectivity index (χ0n) is 20.1. The van der Waals surface area contributed by atoms with Gasteiger partial charge in [0.1, 0.15) is 23.1 Å². The molecular formula is C23H37N3O6. The maximum absolute atomic E-state index is 13.1. The average molecular weight is 452 g/mol. The highest BCUT2D eigenvalue weighted by molar-refractivity contribution is 5.81.